The number of hydrogen-bond acceptors (Lipinski definition) is 6. The Morgan fingerprint density at radius 1 is 0.933 bits per heavy atom. The Morgan fingerprint density at radius 2 is 1.77 bits per heavy atom. The molecule has 0 spiro atoms. The highest BCUT2D eigenvalue weighted by Gasteiger charge is 2.13. The van der Waals surface area contributed by atoms with Crippen LogP contribution in [0.5, 0.6) is 11.5 Å². The smallest absolute Gasteiger partial charge is 0.184 e. The highest BCUT2D eigenvalue weighted by Crippen LogP contribution is 2.34. The van der Waals surface area contributed by atoms with Crippen LogP contribution in [-0.2, 0) is 0 Å². The zero-order chi connectivity index (χ0) is 20.3. The zero-order valence-electron chi connectivity index (χ0n) is 16.0. The molecule has 0 amide bonds. The van der Waals surface area contributed by atoms with Gasteiger partial charge in [0.1, 0.15) is 11.5 Å². The third-order valence-corrected chi connectivity index (χ3v) is 5.83. The number of aromatic nitrogens is 2. The van der Waals surface area contributed by atoms with E-state index < -0.39 is 0 Å². The number of nitrogens with zero attached hydrogens (tertiary/aromatic N) is 2. The van der Waals surface area contributed by atoms with Gasteiger partial charge in [0.15, 0.2) is 5.13 Å². The average molecular weight is 414 g/mol. The lowest BCUT2D eigenvalue weighted by Crippen LogP contribution is -2.14. The molecule has 5 nitrogen and oxygen atoms in total. The van der Waals surface area contributed by atoms with Gasteiger partial charge in [-0.2, -0.15) is 0 Å². The van der Waals surface area contributed by atoms with Gasteiger partial charge in [-0.15, -0.1) is 0 Å². The minimum Gasteiger partial charge on any atom is -0.457 e. The number of aliphatic hydroxyl groups is 1. The first kappa shape index (κ1) is 18.5. The SMILES string of the molecule is OCC(Nc1nc2ccc(Oc3ccnc4ccccc34)cc2s1)c1ccccc1. The number of hydrogen-bond donors (Lipinski definition) is 2. The number of anilines is 1. The van der Waals surface area contributed by atoms with E-state index >= 15 is 0 Å². The van der Waals surface area contributed by atoms with Crippen molar-refractivity contribution in [1.82, 2.24) is 9.97 Å². The van der Waals surface area contributed by atoms with E-state index in [9.17, 15) is 5.11 Å². The van der Waals surface area contributed by atoms with Gasteiger partial charge in [-0.1, -0.05) is 53.8 Å². The van der Waals surface area contributed by atoms with Crippen LogP contribution in [0.2, 0.25) is 0 Å². The summed E-state index contributed by atoms with van der Waals surface area (Å²) < 4.78 is 7.17. The number of para-hydroxylation sites is 1. The molecule has 0 bridgehead atoms. The normalized spacial score (nSPS) is 12.2. The molecule has 0 aliphatic carbocycles. The molecule has 0 saturated carbocycles. The van der Waals surface area contributed by atoms with Crippen molar-refractivity contribution in [2.24, 2.45) is 0 Å². The summed E-state index contributed by atoms with van der Waals surface area (Å²) in [6.07, 6.45) is 1.75. The molecule has 5 aromatic rings. The molecule has 0 radical (unpaired) electrons. The molecule has 0 aliphatic rings. The van der Waals surface area contributed by atoms with Crippen LogP contribution in [0.15, 0.2) is 85.1 Å². The van der Waals surface area contributed by atoms with Gasteiger partial charge in [0, 0.05) is 17.6 Å². The van der Waals surface area contributed by atoms with E-state index in [-0.39, 0.29) is 12.6 Å². The Morgan fingerprint density at radius 3 is 2.63 bits per heavy atom. The van der Waals surface area contributed by atoms with Crippen molar-refractivity contribution in [2.75, 3.05) is 11.9 Å². The summed E-state index contributed by atoms with van der Waals surface area (Å²) in [5, 5.41) is 14.9. The standard InChI is InChI=1S/C24H19N3O2S/c28-15-21(16-6-2-1-3-7-16)27-24-26-20-11-10-17(14-23(20)30-24)29-22-12-13-25-19-9-5-4-8-18(19)22/h1-14,21,28H,15H2,(H,26,27). The summed E-state index contributed by atoms with van der Waals surface area (Å²) in [5.74, 6) is 1.52. The van der Waals surface area contributed by atoms with E-state index in [2.05, 4.69) is 15.3 Å². The van der Waals surface area contributed by atoms with Crippen LogP contribution >= 0.6 is 11.3 Å². The molecule has 0 saturated heterocycles. The molecule has 0 aliphatic heterocycles. The quantitative estimate of drug-likeness (QED) is 0.369. The van der Waals surface area contributed by atoms with E-state index in [0.717, 1.165) is 43.3 Å². The van der Waals surface area contributed by atoms with Crippen molar-refractivity contribution in [2.45, 2.75) is 6.04 Å². The maximum absolute atomic E-state index is 9.80. The van der Waals surface area contributed by atoms with Crippen molar-refractivity contribution in [3.63, 3.8) is 0 Å². The second-order valence-electron chi connectivity index (χ2n) is 6.87. The number of benzene rings is 3. The fourth-order valence-corrected chi connectivity index (χ4v) is 4.33. The fraction of sp³-hybridized carbons (Fsp3) is 0.0833. The van der Waals surface area contributed by atoms with Gasteiger partial charge in [-0.05, 0) is 35.9 Å². The fourth-order valence-electron chi connectivity index (χ4n) is 3.38. The zero-order valence-corrected chi connectivity index (χ0v) is 16.8. The summed E-state index contributed by atoms with van der Waals surface area (Å²) in [5.41, 5.74) is 2.81. The van der Waals surface area contributed by atoms with Gasteiger partial charge in [-0.3, -0.25) is 4.98 Å². The van der Waals surface area contributed by atoms with E-state index in [0.29, 0.717) is 0 Å². The first-order chi connectivity index (χ1) is 14.8. The molecule has 0 fully saturated rings. The summed E-state index contributed by atoms with van der Waals surface area (Å²) in [6, 6.07) is 25.3. The van der Waals surface area contributed by atoms with Crippen LogP contribution in [0, 0.1) is 0 Å². The lowest BCUT2D eigenvalue weighted by atomic mass is 10.1. The van der Waals surface area contributed by atoms with Gasteiger partial charge < -0.3 is 15.2 Å². The minimum absolute atomic E-state index is 0.0105. The number of rotatable bonds is 6. The number of fused-ring (bicyclic) bond motifs is 2. The molecular weight excluding hydrogens is 394 g/mol. The first-order valence-electron chi connectivity index (χ1n) is 9.65. The molecule has 5 rings (SSSR count). The van der Waals surface area contributed by atoms with Gasteiger partial charge in [-0.25, -0.2) is 4.98 Å². The van der Waals surface area contributed by atoms with Crippen molar-refractivity contribution in [3.05, 3.63) is 90.6 Å². The van der Waals surface area contributed by atoms with Crippen LogP contribution in [0.3, 0.4) is 0 Å². The van der Waals surface area contributed by atoms with E-state index in [1.54, 1.807) is 6.20 Å². The Kier molecular flexibility index (Phi) is 5.01. The van der Waals surface area contributed by atoms with Gasteiger partial charge in [0.25, 0.3) is 0 Å². The van der Waals surface area contributed by atoms with Crippen LogP contribution in [0.4, 0.5) is 5.13 Å². The van der Waals surface area contributed by atoms with E-state index in [1.165, 1.54) is 11.3 Å². The topological polar surface area (TPSA) is 67.3 Å². The van der Waals surface area contributed by atoms with Crippen molar-refractivity contribution >= 4 is 37.6 Å². The Balaban J connectivity index is 1.41. The summed E-state index contributed by atoms with van der Waals surface area (Å²) in [7, 11) is 0. The second kappa shape index (κ2) is 8.10. The van der Waals surface area contributed by atoms with Crippen molar-refractivity contribution in [1.29, 1.82) is 0 Å². The Hall–Kier alpha value is -3.48. The second-order valence-corrected chi connectivity index (χ2v) is 7.90. The molecule has 2 aromatic heterocycles. The summed E-state index contributed by atoms with van der Waals surface area (Å²) in [4.78, 5) is 9.04. The maximum Gasteiger partial charge on any atom is 0.184 e. The molecule has 3 aromatic carbocycles. The third kappa shape index (κ3) is 3.70. The van der Waals surface area contributed by atoms with Crippen LogP contribution in [0.25, 0.3) is 21.1 Å². The third-order valence-electron chi connectivity index (χ3n) is 4.88. The predicted octanol–water partition coefficient (Wildman–Crippen LogP) is 5.78. The Bertz CT molecular complexity index is 1300. The number of ether oxygens (including phenoxy) is 1. The lowest BCUT2D eigenvalue weighted by molar-refractivity contribution is 0.276. The summed E-state index contributed by atoms with van der Waals surface area (Å²) >= 11 is 1.54. The van der Waals surface area contributed by atoms with Crippen molar-refractivity contribution < 1.29 is 9.84 Å². The highest BCUT2D eigenvalue weighted by atomic mass is 32.1. The highest BCUT2D eigenvalue weighted by molar-refractivity contribution is 7.22. The van der Waals surface area contributed by atoms with Crippen LogP contribution in [-0.4, -0.2) is 21.7 Å². The molecule has 1 unspecified atom stereocenters. The summed E-state index contributed by atoms with van der Waals surface area (Å²) in [6.45, 7) is -0.0105. The van der Waals surface area contributed by atoms with Crippen molar-refractivity contribution in [3.8, 4) is 11.5 Å². The number of nitrogens with one attached hydrogen (secondary N) is 1. The number of pyridine rings is 1. The van der Waals surface area contributed by atoms with Gasteiger partial charge >= 0.3 is 0 Å². The number of thiazole rings is 1. The monoisotopic (exact) mass is 413 g/mol. The van der Waals surface area contributed by atoms with Crippen LogP contribution in [0.1, 0.15) is 11.6 Å². The average Bonchev–Trinajstić information content (AvgIpc) is 3.20. The van der Waals surface area contributed by atoms with Gasteiger partial charge in [0.05, 0.1) is 28.4 Å². The molecule has 1 atom stereocenters. The van der Waals surface area contributed by atoms with Gasteiger partial charge in [0.2, 0.25) is 0 Å². The maximum atomic E-state index is 9.80. The molecule has 2 N–H and O–H groups in total. The molecule has 30 heavy (non-hydrogen) atoms. The number of aliphatic hydroxyl groups excluding tert-OH is 1. The molecule has 6 heteroatoms. The lowest BCUT2D eigenvalue weighted by Gasteiger charge is -2.15. The van der Waals surface area contributed by atoms with E-state index in [1.807, 2.05) is 78.9 Å². The largest absolute Gasteiger partial charge is 0.457 e. The molecule has 148 valence electrons. The van der Waals surface area contributed by atoms with Crippen LogP contribution < -0.4 is 10.1 Å². The molecule has 2 heterocycles. The van der Waals surface area contributed by atoms with E-state index in [4.69, 9.17) is 4.74 Å². The molecular formula is C24H19N3O2S. The predicted molar refractivity (Wildman–Crippen MR) is 121 cm³/mol. The Labute approximate surface area is 177 Å². The first-order valence-corrected chi connectivity index (χ1v) is 10.5. The minimum atomic E-state index is -0.203.